The van der Waals surface area contributed by atoms with Crippen molar-refractivity contribution in [3.63, 3.8) is 0 Å². The van der Waals surface area contributed by atoms with Crippen LogP contribution >= 0.6 is 11.8 Å². The van der Waals surface area contributed by atoms with E-state index in [9.17, 15) is 4.79 Å². The summed E-state index contributed by atoms with van der Waals surface area (Å²) in [7, 11) is 0. The number of fused-ring (bicyclic) bond motifs is 2. The Balaban J connectivity index is 1.92. The first-order chi connectivity index (χ1) is 5.25. The van der Waals surface area contributed by atoms with Crippen LogP contribution in [0.25, 0.3) is 0 Å². The van der Waals surface area contributed by atoms with Gasteiger partial charge >= 0.3 is 0 Å². The molecule has 0 radical (unpaired) electrons. The van der Waals surface area contributed by atoms with Gasteiger partial charge in [-0.1, -0.05) is 18.2 Å². The zero-order valence-corrected chi connectivity index (χ0v) is 7.69. The zero-order valence-electron chi connectivity index (χ0n) is 6.88. The Bertz CT molecular complexity index is 178. The van der Waals surface area contributed by atoms with Gasteiger partial charge in [0.25, 0.3) is 0 Å². The van der Waals surface area contributed by atoms with Crippen LogP contribution < -0.4 is 0 Å². The lowest BCUT2D eigenvalue weighted by atomic mass is 10.0. The van der Waals surface area contributed by atoms with E-state index in [-0.39, 0.29) is 0 Å². The predicted octanol–water partition coefficient (Wildman–Crippen LogP) is 2.45. The highest BCUT2D eigenvalue weighted by atomic mass is 32.2. The highest BCUT2D eigenvalue weighted by molar-refractivity contribution is 8.14. The topological polar surface area (TPSA) is 17.1 Å². The molecule has 2 aliphatic rings. The van der Waals surface area contributed by atoms with E-state index in [1.54, 1.807) is 18.7 Å². The van der Waals surface area contributed by atoms with E-state index >= 15 is 0 Å². The fourth-order valence-electron chi connectivity index (χ4n) is 2.54. The van der Waals surface area contributed by atoms with E-state index in [4.69, 9.17) is 0 Å². The maximum atomic E-state index is 10.8. The summed E-state index contributed by atoms with van der Waals surface area (Å²) >= 11 is 1.59. The minimum Gasteiger partial charge on any atom is -0.288 e. The lowest BCUT2D eigenvalue weighted by molar-refractivity contribution is -0.109. The highest BCUT2D eigenvalue weighted by Crippen LogP contribution is 2.49. The van der Waals surface area contributed by atoms with E-state index in [0.717, 1.165) is 11.8 Å². The third-order valence-corrected chi connectivity index (χ3v) is 4.20. The molecule has 2 bridgehead atoms. The summed E-state index contributed by atoms with van der Waals surface area (Å²) in [6.45, 7) is 1.69. The summed E-state index contributed by atoms with van der Waals surface area (Å²) in [5, 5.41) is 0.994. The standard InChI is InChI=1S/C9H14OS/c1-6(10)11-9-5-7-2-3-8(9)4-7/h7-9H,2-5H2,1H3/t7-,8+,9+/m0/s1. The van der Waals surface area contributed by atoms with Crippen LogP contribution in [0.3, 0.4) is 0 Å². The van der Waals surface area contributed by atoms with Gasteiger partial charge in [-0.2, -0.15) is 0 Å². The summed E-state index contributed by atoms with van der Waals surface area (Å²) in [4.78, 5) is 10.8. The third-order valence-electron chi connectivity index (χ3n) is 2.99. The molecule has 2 rings (SSSR count). The first-order valence-corrected chi connectivity index (χ1v) is 5.31. The van der Waals surface area contributed by atoms with E-state index in [1.165, 1.54) is 25.7 Å². The molecule has 3 atom stereocenters. The van der Waals surface area contributed by atoms with Gasteiger partial charge in [-0.15, -0.1) is 0 Å². The second kappa shape index (κ2) is 2.81. The van der Waals surface area contributed by atoms with Gasteiger partial charge in [0.15, 0.2) is 5.12 Å². The summed E-state index contributed by atoms with van der Waals surface area (Å²) in [6, 6.07) is 0. The Morgan fingerprint density at radius 3 is 2.64 bits per heavy atom. The molecule has 2 heteroatoms. The molecule has 0 saturated heterocycles. The minimum absolute atomic E-state index is 0.308. The largest absolute Gasteiger partial charge is 0.288 e. The number of hydrogen-bond donors (Lipinski definition) is 0. The maximum absolute atomic E-state index is 10.8. The molecule has 0 spiro atoms. The normalized spacial score (nSPS) is 41.4. The van der Waals surface area contributed by atoms with Crippen molar-refractivity contribution < 1.29 is 4.79 Å². The quantitative estimate of drug-likeness (QED) is 0.601. The molecular formula is C9H14OS. The molecule has 0 aliphatic heterocycles. The molecule has 1 nitrogen and oxygen atoms in total. The van der Waals surface area contributed by atoms with Crippen LogP contribution in [0.2, 0.25) is 0 Å². The molecule has 0 amide bonds. The van der Waals surface area contributed by atoms with Crippen molar-refractivity contribution in [1.82, 2.24) is 0 Å². The van der Waals surface area contributed by atoms with Gasteiger partial charge in [0.05, 0.1) is 0 Å². The van der Waals surface area contributed by atoms with Crippen molar-refractivity contribution in [2.45, 2.75) is 37.9 Å². The molecule has 0 aromatic carbocycles. The maximum Gasteiger partial charge on any atom is 0.186 e. The number of carbonyl (C=O) groups excluding carboxylic acids is 1. The van der Waals surface area contributed by atoms with Crippen LogP contribution in [0.15, 0.2) is 0 Å². The van der Waals surface area contributed by atoms with Crippen molar-refractivity contribution in [1.29, 1.82) is 0 Å². The molecule has 0 unspecified atom stereocenters. The van der Waals surface area contributed by atoms with Crippen LogP contribution in [-0.2, 0) is 4.79 Å². The molecule has 0 aromatic rings. The van der Waals surface area contributed by atoms with Crippen LogP contribution in [-0.4, -0.2) is 10.4 Å². The second-order valence-corrected chi connectivity index (χ2v) is 5.24. The van der Waals surface area contributed by atoms with Gasteiger partial charge in [0.2, 0.25) is 0 Å². The Hall–Kier alpha value is 0.0200. The Kier molecular flexibility index (Phi) is 1.96. The lowest BCUT2D eigenvalue weighted by Gasteiger charge is -2.18. The van der Waals surface area contributed by atoms with Crippen molar-refractivity contribution >= 4 is 16.9 Å². The van der Waals surface area contributed by atoms with E-state index in [2.05, 4.69) is 0 Å². The highest BCUT2D eigenvalue weighted by Gasteiger charge is 2.40. The van der Waals surface area contributed by atoms with E-state index < -0.39 is 0 Å². The molecule has 0 heterocycles. The molecular weight excluding hydrogens is 156 g/mol. The van der Waals surface area contributed by atoms with Gasteiger partial charge in [0, 0.05) is 12.2 Å². The molecule has 2 aliphatic carbocycles. The molecule has 11 heavy (non-hydrogen) atoms. The number of thioether (sulfide) groups is 1. The lowest BCUT2D eigenvalue weighted by Crippen LogP contribution is -2.13. The van der Waals surface area contributed by atoms with Crippen LogP contribution in [0.5, 0.6) is 0 Å². The Morgan fingerprint density at radius 2 is 2.18 bits per heavy atom. The van der Waals surface area contributed by atoms with Crippen molar-refractivity contribution in [3.8, 4) is 0 Å². The average molecular weight is 170 g/mol. The van der Waals surface area contributed by atoms with E-state index in [0.29, 0.717) is 10.4 Å². The molecule has 0 aromatic heterocycles. The average Bonchev–Trinajstić information content (AvgIpc) is 2.45. The summed E-state index contributed by atoms with van der Waals surface area (Å²) in [5.41, 5.74) is 0. The number of carbonyl (C=O) groups is 1. The van der Waals surface area contributed by atoms with Crippen LogP contribution in [0, 0.1) is 11.8 Å². The predicted molar refractivity (Wildman–Crippen MR) is 47.5 cm³/mol. The smallest absolute Gasteiger partial charge is 0.186 e. The van der Waals surface area contributed by atoms with Gasteiger partial charge in [-0.3, -0.25) is 4.79 Å². The van der Waals surface area contributed by atoms with Gasteiger partial charge < -0.3 is 0 Å². The molecule has 2 saturated carbocycles. The van der Waals surface area contributed by atoms with Crippen LogP contribution in [0.4, 0.5) is 0 Å². The number of hydrogen-bond acceptors (Lipinski definition) is 2. The monoisotopic (exact) mass is 170 g/mol. The number of rotatable bonds is 1. The fraction of sp³-hybridized carbons (Fsp3) is 0.889. The Labute approximate surface area is 71.9 Å². The van der Waals surface area contributed by atoms with Gasteiger partial charge in [-0.25, -0.2) is 0 Å². The third kappa shape index (κ3) is 1.46. The van der Waals surface area contributed by atoms with Crippen LogP contribution in [0.1, 0.15) is 32.6 Å². The summed E-state index contributed by atoms with van der Waals surface area (Å²) < 4.78 is 0. The minimum atomic E-state index is 0.308. The van der Waals surface area contributed by atoms with Crippen molar-refractivity contribution in [2.24, 2.45) is 11.8 Å². The SMILES string of the molecule is CC(=O)S[C@@H]1C[C@H]2CC[C@@H]1C2. The fourth-order valence-corrected chi connectivity index (χ4v) is 3.78. The Morgan fingerprint density at radius 1 is 1.36 bits per heavy atom. The van der Waals surface area contributed by atoms with Crippen molar-refractivity contribution in [2.75, 3.05) is 0 Å². The molecule has 0 N–H and O–H groups in total. The summed E-state index contributed by atoms with van der Waals surface area (Å²) in [5.74, 6) is 1.85. The zero-order chi connectivity index (χ0) is 7.84. The van der Waals surface area contributed by atoms with E-state index in [1.807, 2.05) is 0 Å². The first kappa shape index (κ1) is 7.66. The van der Waals surface area contributed by atoms with Crippen molar-refractivity contribution in [3.05, 3.63) is 0 Å². The summed E-state index contributed by atoms with van der Waals surface area (Å²) in [6.07, 6.45) is 5.54. The van der Waals surface area contributed by atoms with Gasteiger partial charge in [-0.05, 0) is 31.1 Å². The molecule has 2 fully saturated rings. The second-order valence-electron chi connectivity index (χ2n) is 3.82. The first-order valence-electron chi connectivity index (χ1n) is 4.43. The molecule has 62 valence electrons. The van der Waals surface area contributed by atoms with Gasteiger partial charge in [0.1, 0.15) is 0 Å².